The molecule has 0 aliphatic heterocycles. The summed E-state index contributed by atoms with van der Waals surface area (Å²) in [5, 5.41) is 0. The number of carbonyl (C=O) groups excluding carboxylic acids is 6. The lowest BCUT2D eigenvalue weighted by Gasteiger charge is -2.18. The lowest BCUT2D eigenvalue weighted by Crippen LogP contribution is -2.30. The second-order valence-corrected chi connectivity index (χ2v) is 8.27. The maximum absolute atomic E-state index is 11.5. The average Bonchev–Trinajstić information content (AvgIpc) is 2.91. The Kier molecular flexibility index (Phi) is 24.5. The Bertz CT molecular complexity index is 692. The molecule has 0 rings (SSSR count). The van der Waals surface area contributed by atoms with Crippen LogP contribution < -0.4 is 0 Å². The van der Waals surface area contributed by atoms with Crippen molar-refractivity contribution in [3.05, 3.63) is 0 Å². The number of hydrogen-bond donors (Lipinski definition) is 0. The van der Waals surface area contributed by atoms with E-state index in [0.29, 0.717) is 32.1 Å². The zero-order chi connectivity index (χ0) is 30.1. The van der Waals surface area contributed by atoms with Crippen LogP contribution in [0.4, 0.5) is 0 Å². The number of hydrogen-bond acceptors (Lipinski definition) is 12. The van der Waals surface area contributed by atoms with Gasteiger partial charge >= 0.3 is 35.8 Å². The first-order valence-electron chi connectivity index (χ1n) is 13.6. The van der Waals surface area contributed by atoms with Crippen molar-refractivity contribution < 1.29 is 57.2 Å². The van der Waals surface area contributed by atoms with Crippen molar-refractivity contribution in [2.75, 3.05) is 26.4 Å². The van der Waals surface area contributed by atoms with Gasteiger partial charge in [-0.2, -0.15) is 0 Å². The Labute approximate surface area is 231 Å². The van der Waals surface area contributed by atoms with Crippen LogP contribution in [0, 0.1) is 0 Å². The standard InChI is InChI=1S/C15H26O6.C12H20O6/c1-4-7-13(16)19-10-12(21-15(18)9-6-3)11-20-14(17)8-5-2;1-4-10(13)16-7-9(18-12(15)6-3)8-17-11(14)5-2/h12H,4-11H2,1-3H3;9H,4-8H2,1-3H3. The highest BCUT2D eigenvalue weighted by Gasteiger charge is 2.19. The van der Waals surface area contributed by atoms with Crippen LogP contribution in [0.25, 0.3) is 0 Å². The zero-order valence-electron chi connectivity index (χ0n) is 24.2. The highest BCUT2D eigenvalue weighted by molar-refractivity contribution is 5.71. The molecule has 0 saturated carbocycles. The summed E-state index contributed by atoms with van der Waals surface area (Å²) in [6.07, 6.45) is 2.13. The largest absolute Gasteiger partial charge is 0.462 e. The minimum absolute atomic E-state index is 0.0896. The van der Waals surface area contributed by atoms with Crippen molar-refractivity contribution in [3.8, 4) is 0 Å². The van der Waals surface area contributed by atoms with E-state index in [9.17, 15) is 28.8 Å². The molecule has 0 unspecified atom stereocenters. The van der Waals surface area contributed by atoms with Gasteiger partial charge in [-0.15, -0.1) is 0 Å². The molecule has 0 N–H and O–H groups in total. The molecule has 0 amide bonds. The predicted molar refractivity (Wildman–Crippen MR) is 139 cm³/mol. The van der Waals surface area contributed by atoms with E-state index in [1.54, 1.807) is 20.8 Å². The molecule has 0 aliphatic carbocycles. The second-order valence-electron chi connectivity index (χ2n) is 8.27. The molecule has 0 aliphatic rings. The molecule has 39 heavy (non-hydrogen) atoms. The monoisotopic (exact) mass is 562 g/mol. The molecular weight excluding hydrogens is 516 g/mol. The summed E-state index contributed by atoms with van der Waals surface area (Å²) < 4.78 is 29.9. The Morgan fingerprint density at radius 2 is 0.692 bits per heavy atom. The molecule has 0 heterocycles. The first-order valence-corrected chi connectivity index (χ1v) is 13.6. The van der Waals surface area contributed by atoms with Gasteiger partial charge in [0.25, 0.3) is 0 Å². The summed E-state index contributed by atoms with van der Waals surface area (Å²) in [6.45, 7) is 10.2. The molecule has 0 atom stereocenters. The van der Waals surface area contributed by atoms with Gasteiger partial charge in [-0.05, 0) is 19.3 Å². The Balaban J connectivity index is 0. The summed E-state index contributed by atoms with van der Waals surface area (Å²) in [5.74, 6) is -2.31. The molecular formula is C27H46O12. The van der Waals surface area contributed by atoms with E-state index in [2.05, 4.69) is 0 Å². The van der Waals surface area contributed by atoms with Gasteiger partial charge in [0, 0.05) is 38.5 Å². The van der Waals surface area contributed by atoms with Crippen LogP contribution in [-0.4, -0.2) is 74.5 Å². The highest BCUT2D eigenvalue weighted by Crippen LogP contribution is 2.04. The fourth-order valence-corrected chi connectivity index (χ4v) is 2.45. The van der Waals surface area contributed by atoms with Crippen molar-refractivity contribution >= 4 is 35.8 Å². The minimum Gasteiger partial charge on any atom is -0.462 e. The molecule has 0 bridgehead atoms. The van der Waals surface area contributed by atoms with Crippen LogP contribution in [0.5, 0.6) is 0 Å². The molecule has 0 radical (unpaired) electrons. The fraction of sp³-hybridized carbons (Fsp3) is 0.778. The third-order valence-corrected chi connectivity index (χ3v) is 4.55. The number of rotatable bonds is 19. The van der Waals surface area contributed by atoms with Crippen LogP contribution in [-0.2, 0) is 57.2 Å². The molecule has 0 spiro atoms. The zero-order valence-corrected chi connectivity index (χ0v) is 24.2. The third-order valence-electron chi connectivity index (χ3n) is 4.55. The number of ether oxygens (including phenoxy) is 6. The van der Waals surface area contributed by atoms with E-state index in [-0.39, 0.29) is 70.0 Å². The molecule has 226 valence electrons. The van der Waals surface area contributed by atoms with Gasteiger partial charge < -0.3 is 28.4 Å². The van der Waals surface area contributed by atoms with E-state index < -0.39 is 30.1 Å². The first-order chi connectivity index (χ1) is 18.6. The van der Waals surface area contributed by atoms with Gasteiger partial charge in [0.15, 0.2) is 12.2 Å². The molecule has 0 saturated heterocycles. The fourth-order valence-electron chi connectivity index (χ4n) is 2.45. The summed E-state index contributed by atoms with van der Waals surface area (Å²) in [4.78, 5) is 67.3. The van der Waals surface area contributed by atoms with Crippen LogP contribution in [0.3, 0.4) is 0 Å². The molecule has 0 aromatic carbocycles. The maximum atomic E-state index is 11.5. The first kappa shape index (κ1) is 38.0. The third kappa shape index (κ3) is 23.7. The highest BCUT2D eigenvalue weighted by atomic mass is 16.6. The summed E-state index contributed by atoms with van der Waals surface area (Å²) in [7, 11) is 0. The van der Waals surface area contributed by atoms with E-state index in [1.807, 2.05) is 20.8 Å². The quantitative estimate of drug-likeness (QED) is 0.167. The van der Waals surface area contributed by atoms with E-state index in [1.165, 1.54) is 0 Å². The van der Waals surface area contributed by atoms with Crippen LogP contribution >= 0.6 is 0 Å². The van der Waals surface area contributed by atoms with Gasteiger partial charge in [-0.25, -0.2) is 0 Å². The lowest BCUT2D eigenvalue weighted by molar-refractivity contribution is -0.166. The van der Waals surface area contributed by atoms with Gasteiger partial charge in [0.1, 0.15) is 26.4 Å². The maximum Gasteiger partial charge on any atom is 0.306 e. The van der Waals surface area contributed by atoms with E-state index >= 15 is 0 Å². The topological polar surface area (TPSA) is 158 Å². The minimum atomic E-state index is -0.747. The van der Waals surface area contributed by atoms with Crippen LogP contribution in [0.15, 0.2) is 0 Å². The van der Waals surface area contributed by atoms with E-state index in [0.717, 1.165) is 0 Å². The molecule has 12 heteroatoms. The van der Waals surface area contributed by atoms with Gasteiger partial charge in [-0.1, -0.05) is 41.5 Å². The van der Waals surface area contributed by atoms with Gasteiger partial charge in [-0.3, -0.25) is 28.8 Å². The summed E-state index contributed by atoms with van der Waals surface area (Å²) in [6, 6.07) is 0. The normalized spacial score (nSPS) is 10.2. The van der Waals surface area contributed by atoms with Crippen molar-refractivity contribution in [3.63, 3.8) is 0 Å². The molecule has 0 aromatic rings. The summed E-state index contributed by atoms with van der Waals surface area (Å²) >= 11 is 0. The SMILES string of the molecule is CCC(=O)OCC(COC(=O)CC)OC(=O)CC.CCCC(=O)OCC(COC(=O)CCC)OC(=O)CCC. The molecule has 0 fully saturated rings. The smallest absolute Gasteiger partial charge is 0.306 e. The summed E-state index contributed by atoms with van der Waals surface area (Å²) in [5.41, 5.74) is 0. The Morgan fingerprint density at radius 1 is 0.410 bits per heavy atom. The van der Waals surface area contributed by atoms with Gasteiger partial charge in [0.05, 0.1) is 0 Å². The average molecular weight is 563 g/mol. The van der Waals surface area contributed by atoms with Crippen molar-refractivity contribution in [2.45, 2.75) is 112 Å². The Hall–Kier alpha value is -3.18. The predicted octanol–water partition coefficient (Wildman–Crippen LogP) is 3.60. The van der Waals surface area contributed by atoms with Crippen molar-refractivity contribution in [1.82, 2.24) is 0 Å². The van der Waals surface area contributed by atoms with Crippen molar-refractivity contribution in [1.29, 1.82) is 0 Å². The number of esters is 6. The van der Waals surface area contributed by atoms with Gasteiger partial charge in [0.2, 0.25) is 0 Å². The van der Waals surface area contributed by atoms with Crippen LogP contribution in [0.1, 0.15) is 99.3 Å². The second kappa shape index (κ2) is 25.1. The Morgan fingerprint density at radius 3 is 1.00 bits per heavy atom. The van der Waals surface area contributed by atoms with Crippen molar-refractivity contribution in [2.24, 2.45) is 0 Å². The van der Waals surface area contributed by atoms with Crippen LogP contribution in [0.2, 0.25) is 0 Å². The molecule has 0 aromatic heterocycles. The lowest BCUT2D eigenvalue weighted by atomic mass is 10.3. The van der Waals surface area contributed by atoms with E-state index in [4.69, 9.17) is 28.4 Å². The number of carbonyl (C=O) groups is 6. The molecule has 12 nitrogen and oxygen atoms in total.